The number of benzene rings is 2. The molecule has 1 atom stereocenters. The van der Waals surface area contributed by atoms with Crippen LogP contribution in [-0.4, -0.2) is 16.4 Å². The summed E-state index contributed by atoms with van der Waals surface area (Å²) in [6, 6.07) is 13.1. The number of hydrogen-bond acceptors (Lipinski definition) is 2. The fourth-order valence-electron chi connectivity index (χ4n) is 2.00. The van der Waals surface area contributed by atoms with E-state index in [0.29, 0.717) is 11.3 Å². The number of para-hydroxylation sites is 1. The minimum atomic E-state index is -0.947. The first kappa shape index (κ1) is 16.2. The van der Waals surface area contributed by atoms with E-state index in [9.17, 15) is 9.00 Å². The molecular weight excluding hydrogens is 397 g/mol. The van der Waals surface area contributed by atoms with E-state index < -0.39 is 10.8 Å². The fraction of sp³-hybridized carbons (Fsp3) is 0.188. The smallest absolute Gasteiger partial charge is 0.256 e. The minimum absolute atomic E-state index is 0.141. The number of nitrogens with one attached hydrogen (secondary N) is 1. The van der Waals surface area contributed by atoms with Crippen molar-refractivity contribution in [3.8, 4) is 0 Å². The summed E-state index contributed by atoms with van der Waals surface area (Å²) in [5.74, 6) is 0.291. The van der Waals surface area contributed by atoms with E-state index in [4.69, 9.17) is 0 Å². The maximum atomic E-state index is 12.4. The molecule has 5 heteroatoms. The highest BCUT2D eigenvalue weighted by Crippen LogP contribution is 2.21. The van der Waals surface area contributed by atoms with Crippen LogP contribution in [0.2, 0.25) is 0 Å². The van der Waals surface area contributed by atoms with E-state index in [2.05, 4.69) is 27.9 Å². The first-order valence-electron chi connectivity index (χ1n) is 6.43. The topological polar surface area (TPSA) is 46.2 Å². The van der Waals surface area contributed by atoms with Gasteiger partial charge in [0.15, 0.2) is 0 Å². The zero-order chi connectivity index (χ0) is 15.4. The predicted octanol–water partition coefficient (Wildman–Crippen LogP) is 3.73. The molecule has 0 aliphatic rings. The maximum Gasteiger partial charge on any atom is 0.256 e. The Kier molecular flexibility index (Phi) is 5.52. The van der Waals surface area contributed by atoms with Crippen LogP contribution in [0.15, 0.2) is 42.5 Å². The van der Waals surface area contributed by atoms with Crippen LogP contribution in [0.5, 0.6) is 0 Å². The van der Waals surface area contributed by atoms with Gasteiger partial charge in [-0.25, -0.2) is 0 Å². The van der Waals surface area contributed by atoms with Gasteiger partial charge in [-0.05, 0) is 52.8 Å². The van der Waals surface area contributed by atoms with Crippen LogP contribution >= 0.6 is 22.6 Å². The van der Waals surface area contributed by atoms with Gasteiger partial charge in [0.05, 0.1) is 11.3 Å². The molecule has 0 aliphatic carbocycles. The van der Waals surface area contributed by atoms with Crippen LogP contribution in [0.4, 0.5) is 5.69 Å². The third-order valence-electron chi connectivity index (χ3n) is 3.06. The molecule has 0 radical (unpaired) electrons. The average molecular weight is 413 g/mol. The summed E-state index contributed by atoms with van der Waals surface area (Å²) in [5, 5.41) is 2.92. The highest BCUT2D eigenvalue weighted by Gasteiger charge is 2.13. The lowest BCUT2D eigenvalue weighted by Gasteiger charge is -2.12. The molecule has 0 aliphatic heterocycles. The molecule has 0 bridgehead atoms. The largest absolute Gasteiger partial charge is 0.322 e. The van der Waals surface area contributed by atoms with Gasteiger partial charge < -0.3 is 5.32 Å². The van der Waals surface area contributed by atoms with Crippen molar-refractivity contribution < 1.29 is 9.00 Å². The van der Waals surface area contributed by atoms with E-state index in [1.165, 1.54) is 0 Å². The standard InChI is InChI=1S/C16H16INO2S/c1-11-6-5-8-13(15(11)17)16(19)18-14-9-4-3-7-12(14)10-21(2)20/h3-9H,10H2,1-2H3,(H,18,19). The highest BCUT2D eigenvalue weighted by atomic mass is 127. The molecule has 2 aromatic carbocycles. The number of aryl methyl sites for hydroxylation is 1. The molecule has 110 valence electrons. The molecule has 1 N–H and O–H groups in total. The third-order valence-corrected chi connectivity index (χ3v) is 5.21. The second-order valence-corrected chi connectivity index (χ2v) is 7.28. The number of hydrogen-bond donors (Lipinski definition) is 1. The van der Waals surface area contributed by atoms with Crippen molar-refractivity contribution in [3.63, 3.8) is 0 Å². The van der Waals surface area contributed by atoms with E-state index >= 15 is 0 Å². The summed E-state index contributed by atoms with van der Waals surface area (Å²) in [5.41, 5.74) is 3.33. The van der Waals surface area contributed by atoms with Gasteiger partial charge in [-0.15, -0.1) is 0 Å². The summed E-state index contributed by atoms with van der Waals surface area (Å²) in [6.45, 7) is 1.98. The number of rotatable bonds is 4. The summed E-state index contributed by atoms with van der Waals surface area (Å²) in [7, 11) is -0.947. The molecular formula is C16H16INO2S. The molecule has 0 heterocycles. The Hall–Kier alpha value is -1.21. The maximum absolute atomic E-state index is 12.4. The normalized spacial score (nSPS) is 12.0. The fourth-order valence-corrected chi connectivity index (χ4v) is 3.29. The Bertz CT molecular complexity index is 700. The van der Waals surface area contributed by atoms with Crippen LogP contribution in [-0.2, 0) is 16.6 Å². The monoisotopic (exact) mass is 413 g/mol. The lowest BCUT2D eigenvalue weighted by Crippen LogP contribution is -2.15. The number of carbonyl (C=O) groups excluding carboxylic acids is 1. The number of halogens is 1. The lowest BCUT2D eigenvalue weighted by atomic mass is 10.1. The second kappa shape index (κ2) is 7.17. The summed E-state index contributed by atoms with van der Waals surface area (Å²) in [4.78, 5) is 12.4. The van der Waals surface area contributed by atoms with Crippen LogP contribution < -0.4 is 5.32 Å². The summed E-state index contributed by atoms with van der Waals surface area (Å²) >= 11 is 2.18. The average Bonchev–Trinajstić information content (AvgIpc) is 2.43. The Labute approximate surface area is 140 Å². The van der Waals surface area contributed by atoms with Gasteiger partial charge in [-0.3, -0.25) is 9.00 Å². The first-order valence-corrected chi connectivity index (χ1v) is 9.24. The van der Waals surface area contributed by atoms with Crippen molar-refractivity contribution >= 4 is 45.0 Å². The molecule has 0 spiro atoms. The van der Waals surface area contributed by atoms with Gasteiger partial charge in [0.2, 0.25) is 0 Å². The van der Waals surface area contributed by atoms with Gasteiger partial charge in [0, 0.05) is 26.3 Å². The number of anilines is 1. The van der Waals surface area contributed by atoms with Gasteiger partial charge in [-0.1, -0.05) is 30.3 Å². The molecule has 21 heavy (non-hydrogen) atoms. The highest BCUT2D eigenvalue weighted by molar-refractivity contribution is 14.1. The van der Waals surface area contributed by atoms with E-state index in [1.807, 2.05) is 49.4 Å². The molecule has 0 saturated carbocycles. The van der Waals surface area contributed by atoms with E-state index in [0.717, 1.165) is 20.4 Å². The van der Waals surface area contributed by atoms with Crippen molar-refractivity contribution in [3.05, 3.63) is 62.7 Å². The van der Waals surface area contributed by atoms with Crippen molar-refractivity contribution in [2.75, 3.05) is 11.6 Å². The Morgan fingerprint density at radius 3 is 2.62 bits per heavy atom. The Morgan fingerprint density at radius 1 is 1.19 bits per heavy atom. The van der Waals surface area contributed by atoms with Gasteiger partial charge in [-0.2, -0.15) is 0 Å². The molecule has 1 unspecified atom stereocenters. The van der Waals surface area contributed by atoms with E-state index in [1.54, 1.807) is 6.26 Å². The van der Waals surface area contributed by atoms with Gasteiger partial charge in [0.25, 0.3) is 5.91 Å². The van der Waals surface area contributed by atoms with Crippen LogP contribution in [0.25, 0.3) is 0 Å². The molecule has 0 aromatic heterocycles. The molecule has 3 nitrogen and oxygen atoms in total. The number of carbonyl (C=O) groups is 1. The Balaban J connectivity index is 2.28. The lowest BCUT2D eigenvalue weighted by molar-refractivity contribution is 0.102. The van der Waals surface area contributed by atoms with Crippen molar-refractivity contribution in [1.29, 1.82) is 0 Å². The van der Waals surface area contributed by atoms with Gasteiger partial charge in [0.1, 0.15) is 0 Å². The van der Waals surface area contributed by atoms with Crippen LogP contribution in [0.3, 0.4) is 0 Å². The summed E-state index contributed by atoms with van der Waals surface area (Å²) in [6.07, 6.45) is 1.65. The third kappa shape index (κ3) is 4.14. The second-order valence-electron chi connectivity index (χ2n) is 4.77. The SMILES string of the molecule is Cc1cccc(C(=O)Nc2ccccc2CS(C)=O)c1I. The minimum Gasteiger partial charge on any atom is -0.322 e. The van der Waals surface area contributed by atoms with E-state index in [-0.39, 0.29) is 5.91 Å². The quantitative estimate of drug-likeness (QED) is 0.777. The summed E-state index contributed by atoms with van der Waals surface area (Å²) < 4.78 is 12.4. The first-order chi connectivity index (χ1) is 9.99. The van der Waals surface area contributed by atoms with Crippen molar-refractivity contribution in [1.82, 2.24) is 0 Å². The molecule has 2 rings (SSSR count). The van der Waals surface area contributed by atoms with Crippen LogP contribution in [0, 0.1) is 10.5 Å². The van der Waals surface area contributed by atoms with Crippen molar-refractivity contribution in [2.24, 2.45) is 0 Å². The zero-order valence-corrected chi connectivity index (χ0v) is 14.8. The molecule has 0 fully saturated rings. The molecule has 1 amide bonds. The van der Waals surface area contributed by atoms with Crippen molar-refractivity contribution in [2.45, 2.75) is 12.7 Å². The van der Waals surface area contributed by atoms with Gasteiger partial charge >= 0.3 is 0 Å². The predicted molar refractivity (Wildman–Crippen MR) is 96.1 cm³/mol. The molecule has 0 saturated heterocycles. The zero-order valence-electron chi connectivity index (χ0n) is 11.9. The number of amides is 1. The van der Waals surface area contributed by atoms with Crippen LogP contribution in [0.1, 0.15) is 21.5 Å². The Morgan fingerprint density at radius 2 is 1.90 bits per heavy atom. The molecule has 2 aromatic rings.